The summed E-state index contributed by atoms with van der Waals surface area (Å²) in [4.78, 5) is 24.7. The van der Waals surface area contributed by atoms with Gasteiger partial charge in [0.25, 0.3) is 0 Å². The summed E-state index contributed by atoms with van der Waals surface area (Å²) in [5.41, 5.74) is 2.07. The zero-order valence-corrected chi connectivity index (χ0v) is 14.3. The van der Waals surface area contributed by atoms with Gasteiger partial charge in [-0.1, -0.05) is 50.3 Å². The molecule has 1 aromatic heterocycles. The Morgan fingerprint density at radius 3 is 2.09 bits per heavy atom. The second-order valence-electron chi connectivity index (χ2n) is 6.38. The monoisotopic (exact) mass is 313 g/mol. The van der Waals surface area contributed by atoms with Crippen molar-refractivity contribution in [3.05, 3.63) is 47.3 Å². The molecule has 0 saturated heterocycles. The van der Waals surface area contributed by atoms with Crippen molar-refractivity contribution in [2.75, 3.05) is 0 Å². The number of ketones is 2. The third kappa shape index (κ3) is 3.55. The summed E-state index contributed by atoms with van der Waals surface area (Å²) in [7, 11) is 0. The highest BCUT2D eigenvalue weighted by molar-refractivity contribution is 6.00. The normalized spacial score (nSPS) is 12.7. The maximum Gasteiger partial charge on any atom is 0.189 e. The molecule has 122 valence electrons. The van der Waals surface area contributed by atoms with E-state index in [1.807, 2.05) is 46.8 Å². The van der Waals surface area contributed by atoms with Crippen molar-refractivity contribution >= 4 is 11.6 Å². The summed E-state index contributed by atoms with van der Waals surface area (Å²) in [5, 5.41) is 7.82. The number of aromatic nitrogens is 3. The Hall–Kier alpha value is -2.30. The van der Waals surface area contributed by atoms with Crippen molar-refractivity contribution in [3.63, 3.8) is 0 Å². The molecule has 0 bridgehead atoms. The third-order valence-corrected chi connectivity index (χ3v) is 3.93. The van der Waals surface area contributed by atoms with Crippen LogP contribution in [0.4, 0.5) is 0 Å². The maximum atomic E-state index is 12.7. The standard InChI is InChI=1S/C18H23N3O2/c1-11(2)17(22)15-8-6-14(7-9-15)13(5)18(23)16-10-19-20-21(16)12(3)4/h6-13H,1-5H3/t13-/m1/s1. The highest BCUT2D eigenvalue weighted by Gasteiger charge is 2.23. The lowest BCUT2D eigenvalue weighted by atomic mass is 9.92. The van der Waals surface area contributed by atoms with Gasteiger partial charge in [0.15, 0.2) is 11.6 Å². The number of nitrogens with zero attached hydrogens (tertiary/aromatic N) is 3. The first-order valence-corrected chi connectivity index (χ1v) is 7.91. The Morgan fingerprint density at radius 2 is 1.57 bits per heavy atom. The average molecular weight is 313 g/mol. The molecular formula is C18H23N3O2. The lowest BCUT2D eigenvalue weighted by Gasteiger charge is -2.14. The molecule has 0 radical (unpaired) electrons. The molecule has 0 aliphatic rings. The van der Waals surface area contributed by atoms with Crippen LogP contribution in [0.25, 0.3) is 0 Å². The minimum absolute atomic E-state index is 0.0216. The van der Waals surface area contributed by atoms with E-state index in [2.05, 4.69) is 10.3 Å². The van der Waals surface area contributed by atoms with Crippen molar-refractivity contribution in [1.82, 2.24) is 15.0 Å². The number of benzene rings is 1. The molecule has 5 nitrogen and oxygen atoms in total. The van der Waals surface area contributed by atoms with Gasteiger partial charge in [0.1, 0.15) is 5.69 Å². The quantitative estimate of drug-likeness (QED) is 0.763. The first-order valence-electron chi connectivity index (χ1n) is 7.91. The minimum atomic E-state index is -0.311. The summed E-state index contributed by atoms with van der Waals surface area (Å²) in [6, 6.07) is 7.36. The van der Waals surface area contributed by atoms with Crippen LogP contribution in [0.1, 0.15) is 73.0 Å². The Labute approximate surface area is 136 Å². The van der Waals surface area contributed by atoms with Crippen LogP contribution < -0.4 is 0 Å². The van der Waals surface area contributed by atoms with Gasteiger partial charge in [0.2, 0.25) is 0 Å². The first kappa shape index (κ1) is 17.1. The molecule has 23 heavy (non-hydrogen) atoms. The fourth-order valence-electron chi connectivity index (χ4n) is 2.44. The Balaban J connectivity index is 2.23. The van der Waals surface area contributed by atoms with Gasteiger partial charge in [-0.25, -0.2) is 4.68 Å². The highest BCUT2D eigenvalue weighted by atomic mass is 16.1. The zero-order valence-electron chi connectivity index (χ0n) is 14.3. The largest absolute Gasteiger partial charge is 0.294 e. The molecule has 0 aliphatic carbocycles. The summed E-state index contributed by atoms with van der Waals surface area (Å²) >= 11 is 0. The van der Waals surface area contributed by atoms with Crippen LogP contribution in [0.15, 0.2) is 30.5 Å². The zero-order chi connectivity index (χ0) is 17.1. The van der Waals surface area contributed by atoms with Gasteiger partial charge in [-0.15, -0.1) is 5.10 Å². The first-order chi connectivity index (χ1) is 10.8. The second kappa shape index (κ2) is 6.86. The van der Waals surface area contributed by atoms with Crippen molar-refractivity contribution < 1.29 is 9.59 Å². The van der Waals surface area contributed by atoms with Crippen molar-refractivity contribution in [2.24, 2.45) is 5.92 Å². The van der Waals surface area contributed by atoms with E-state index in [0.717, 1.165) is 5.56 Å². The molecule has 0 saturated carbocycles. The molecular weight excluding hydrogens is 290 g/mol. The van der Waals surface area contributed by atoms with E-state index in [4.69, 9.17) is 0 Å². The molecule has 0 N–H and O–H groups in total. The smallest absolute Gasteiger partial charge is 0.189 e. The third-order valence-electron chi connectivity index (χ3n) is 3.93. The minimum Gasteiger partial charge on any atom is -0.294 e. The van der Waals surface area contributed by atoms with Crippen LogP contribution >= 0.6 is 0 Å². The maximum absolute atomic E-state index is 12.7. The Morgan fingerprint density at radius 1 is 0.957 bits per heavy atom. The fraction of sp³-hybridized carbons (Fsp3) is 0.444. The predicted molar refractivity (Wildman–Crippen MR) is 88.8 cm³/mol. The van der Waals surface area contributed by atoms with E-state index < -0.39 is 0 Å². The molecule has 1 heterocycles. The summed E-state index contributed by atoms with van der Waals surface area (Å²) in [5.74, 6) is -0.259. The van der Waals surface area contributed by atoms with E-state index in [1.54, 1.807) is 16.8 Å². The predicted octanol–water partition coefficient (Wildman–Crippen LogP) is 3.68. The SMILES string of the molecule is CC(C)C(=O)c1ccc([C@@H](C)C(=O)c2cnnn2C(C)C)cc1. The summed E-state index contributed by atoms with van der Waals surface area (Å²) in [6.45, 7) is 9.54. The molecule has 5 heteroatoms. The fourth-order valence-corrected chi connectivity index (χ4v) is 2.44. The van der Waals surface area contributed by atoms with Crippen LogP contribution in [-0.4, -0.2) is 26.6 Å². The van der Waals surface area contributed by atoms with E-state index in [-0.39, 0.29) is 29.4 Å². The molecule has 0 aliphatic heterocycles. The topological polar surface area (TPSA) is 64.8 Å². The van der Waals surface area contributed by atoms with Crippen LogP contribution in [0.5, 0.6) is 0 Å². The summed E-state index contributed by atoms with van der Waals surface area (Å²) in [6.07, 6.45) is 1.51. The van der Waals surface area contributed by atoms with Gasteiger partial charge in [-0.2, -0.15) is 0 Å². The average Bonchev–Trinajstić information content (AvgIpc) is 3.02. The number of hydrogen-bond acceptors (Lipinski definition) is 4. The van der Waals surface area contributed by atoms with Crippen LogP contribution in [0.3, 0.4) is 0 Å². The van der Waals surface area contributed by atoms with Gasteiger partial charge >= 0.3 is 0 Å². The molecule has 1 aromatic carbocycles. The molecule has 0 spiro atoms. The van der Waals surface area contributed by atoms with E-state index in [0.29, 0.717) is 11.3 Å². The van der Waals surface area contributed by atoms with Crippen LogP contribution in [0.2, 0.25) is 0 Å². The molecule has 0 unspecified atom stereocenters. The van der Waals surface area contributed by atoms with E-state index >= 15 is 0 Å². The molecule has 0 amide bonds. The lowest BCUT2D eigenvalue weighted by molar-refractivity contribution is 0.0937. The Bertz CT molecular complexity index is 699. The van der Waals surface area contributed by atoms with Gasteiger partial charge in [-0.05, 0) is 19.4 Å². The van der Waals surface area contributed by atoms with Gasteiger partial charge in [0, 0.05) is 23.4 Å². The number of rotatable bonds is 6. The number of carbonyl (C=O) groups excluding carboxylic acids is 2. The van der Waals surface area contributed by atoms with Gasteiger partial charge < -0.3 is 0 Å². The van der Waals surface area contributed by atoms with Crippen LogP contribution in [-0.2, 0) is 0 Å². The van der Waals surface area contributed by atoms with Crippen molar-refractivity contribution in [3.8, 4) is 0 Å². The number of Topliss-reactive ketones (excluding diaryl/α,β-unsaturated/α-hetero) is 2. The number of hydrogen-bond donors (Lipinski definition) is 0. The van der Waals surface area contributed by atoms with Crippen LogP contribution in [0, 0.1) is 5.92 Å². The van der Waals surface area contributed by atoms with E-state index in [9.17, 15) is 9.59 Å². The Kier molecular flexibility index (Phi) is 5.08. The van der Waals surface area contributed by atoms with Gasteiger partial charge in [-0.3, -0.25) is 9.59 Å². The lowest BCUT2D eigenvalue weighted by Crippen LogP contribution is -2.17. The van der Waals surface area contributed by atoms with E-state index in [1.165, 1.54) is 6.20 Å². The van der Waals surface area contributed by atoms with Crippen molar-refractivity contribution in [2.45, 2.75) is 46.6 Å². The summed E-state index contributed by atoms with van der Waals surface area (Å²) < 4.78 is 1.63. The molecule has 2 rings (SSSR count). The molecule has 0 fully saturated rings. The molecule has 2 aromatic rings. The van der Waals surface area contributed by atoms with Crippen molar-refractivity contribution in [1.29, 1.82) is 0 Å². The molecule has 1 atom stereocenters. The number of carbonyl (C=O) groups is 2. The second-order valence-corrected chi connectivity index (χ2v) is 6.38. The highest BCUT2D eigenvalue weighted by Crippen LogP contribution is 2.22. The van der Waals surface area contributed by atoms with Gasteiger partial charge in [0.05, 0.1) is 6.20 Å².